The summed E-state index contributed by atoms with van der Waals surface area (Å²) in [6, 6.07) is 10.5. The van der Waals surface area contributed by atoms with Gasteiger partial charge >= 0.3 is 0 Å². The molecule has 0 amide bonds. The van der Waals surface area contributed by atoms with Crippen LogP contribution in [-0.4, -0.2) is 13.2 Å². The van der Waals surface area contributed by atoms with Gasteiger partial charge in [-0.1, -0.05) is 37.3 Å². The maximum absolute atomic E-state index is 4.94. The van der Waals surface area contributed by atoms with Crippen molar-refractivity contribution in [2.24, 2.45) is 0 Å². The van der Waals surface area contributed by atoms with Crippen LogP contribution < -0.4 is 0 Å². The summed E-state index contributed by atoms with van der Waals surface area (Å²) in [7, 11) is 0. The van der Waals surface area contributed by atoms with E-state index in [-0.39, 0.29) is 0 Å². The van der Waals surface area contributed by atoms with E-state index in [1.807, 2.05) is 6.07 Å². The number of rotatable bonds is 1. The topological polar surface area (TPSA) is 9.23 Å². The van der Waals surface area contributed by atoms with Gasteiger partial charge in [0.25, 0.3) is 0 Å². The highest BCUT2D eigenvalue weighted by Gasteiger charge is 1.94. The molecule has 1 heterocycles. The van der Waals surface area contributed by atoms with Crippen LogP contribution in [0.1, 0.15) is 25.3 Å². The molecule has 1 aliphatic heterocycles. The van der Waals surface area contributed by atoms with E-state index in [9.17, 15) is 0 Å². The zero-order chi connectivity index (χ0) is 9.36. The highest BCUT2D eigenvalue weighted by atomic mass is 16.5. The lowest BCUT2D eigenvalue weighted by Gasteiger charge is -1.89. The highest BCUT2D eigenvalue weighted by Crippen LogP contribution is 1.98. The SMILES string of the molecule is C1CCOC1.CCc1ccccc1. The average Bonchev–Trinajstić information content (AvgIpc) is 2.77. The van der Waals surface area contributed by atoms with Gasteiger partial charge in [-0.25, -0.2) is 0 Å². The highest BCUT2D eigenvalue weighted by molar-refractivity contribution is 5.13. The van der Waals surface area contributed by atoms with Gasteiger partial charge < -0.3 is 4.74 Å². The molecule has 1 heteroatoms. The van der Waals surface area contributed by atoms with Crippen molar-refractivity contribution in [2.45, 2.75) is 26.2 Å². The standard InChI is InChI=1S/C8H10.C4H8O/c1-2-8-6-4-3-5-7-8;1-2-4-5-3-1/h3-7H,2H2,1H3;1-4H2. The van der Waals surface area contributed by atoms with Crippen molar-refractivity contribution in [1.29, 1.82) is 0 Å². The predicted molar refractivity (Wildman–Crippen MR) is 55.9 cm³/mol. The third-order valence-corrected chi connectivity index (χ3v) is 2.08. The lowest BCUT2D eigenvalue weighted by molar-refractivity contribution is 0.198. The van der Waals surface area contributed by atoms with Gasteiger partial charge in [-0.15, -0.1) is 0 Å². The van der Waals surface area contributed by atoms with E-state index in [0.29, 0.717) is 0 Å². The molecule has 0 radical (unpaired) electrons. The van der Waals surface area contributed by atoms with E-state index in [4.69, 9.17) is 4.74 Å². The van der Waals surface area contributed by atoms with Crippen molar-refractivity contribution < 1.29 is 4.74 Å². The van der Waals surface area contributed by atoms with Crippen LogP contribution in [0.2, 0.25) is 0 Å². The largest absolute Gasteiger partial charge is 0.381 e. The Labute approximate surface area is 80.7 Å². The summed E-state index contributed by atoms with van der Waals surface area (Å²) in [6.45, 7) is 4.16. The molecule has 1 aliphatic rings. The zero-order valence-electron chi connectivity index (χ0n) is 8.33. The molecule has 0 aromatic heterocycles. The molecule has 1 aromatic rings. The van der Waals surface area contributed by atoms with Crippen LogP contribution >= 0.6 is 0 Å². The van der Waals surface area contributed by atoms with Crippen molar-refractivity contribution in [1.82, 2.24) is 0 Å². The molecule has 0 N–H and O–H groups in total. The molecule has 13 heavy (non-hydrogen) atoms. The second-order valence-electron chi connectivity index (χ2n) is 3.16. The smallest absolute Gasteiger partial charge is 0.0466 e. The molecule has 0 bridgehead atoms. The maximum Gasteiger partial charge on any atom is 0.0466 e. The van der Waals surface area contributed by atoms with Crippen LogP contribution in [0.3, 0.4) is 0 Å². The Morgan fingerprint density at radius 2 is 1.69 bits per heavy atom. The van der Waals surface area contributed by atoms with Gasteiger partial charge in [-0.3, -0.25) is 0 Å². The Balaban J connectivity index is 0.000000145. The van der Waals surface area contributed by atoms with Crippen LogP contribution in [0, 0.1) is 0 Å². The predicted octanol–water partition coefficient (Wildman–Crippen LogP) is 3.05. The lowest BCUT2D eigenvalue weighted by atomic mass is 10.2. The molecule has 1 nitrogen and oxygen atoms in total. The maximum atomic E-state index is 4.94. The molecule has 1 aromatic carbocycles. The third kappa shape index (κ3) is 4.69. The van der Waals surface area contributed by atoms with Crippen molar-refractivity contribution in [3.8, 4) is 0 Å². The zero-order valence-corrected chi connectivity index (χ0v) is 8.33. The van der Waals surface area contributed by atoms with Gasteiger partial charge in [0.15, 0.2) is 0 Å². The molecular weight excluding hydrogens is 160 g/mol. The number of ether oxygens (including phenoxy) is 1. The second-order valence-corrected chi connectivity index (χ2v) is 3.16. The van der Waals surface area contributed by atoms with Gasteiger partial charge in [0.1, 0.15) is 0 Å². The molecule has 0 saturated carbocycles. The van der Waals surface area contributed by atoms with E-state index in [2.05, 4.69) is 31.2 Å². The molecule has 1 saturated heterocycles. The first-order valence-corrected chi connectivity index (χ1v) is 5.05. The normalized spacial score (nSPS) is 14.8. The molecule has 1 fully saturated rings. The summed E-state index contributed by atoms with van der Waals surface area (Å²) in [5.74, 6) is 0. The van der Waals surface area contributed by atoms with Gasteiger partial charge in [-0.2, -0.15) is 0 Å². The first-order valence-electron chi connectivity index (χ1n) is 5.05. The van der Waals surface area contributed by atoms with Gasteiger partial charge in [0.2, 0.25) is 0 Å². The minimum atomic E-state index is 1.00. The van der Waals surface area contributed by atoms with Crippen molar-refractivity contribution in [3.63, 3.8) is 0 Å². The fourth-order valence-corrected chi connectivity index (χ4v) is 1.22. The summed E-state index contributed by atoms with van der Waals surface area (Å²) in [6.07, 6.45) is 3.70. The quantitative estimate of drug-likeness (QED) is 0.642. The van der Waals surface area contributed by atoms with E-state index >= 15 is 0 Å². The second kappa shape index (κ2) is 6.67. The van der Waals surface area contributed by atoms with E-state index in [0.717, 1.165) is 19.6 Å². The molecule has 2 rings (SSSR count). The summed E-state index contributed by atoms with van der Waals surface area (Å²) in [5, 5.41) is 0. The van der Waals surface area contributed by atoms with Gasteiger partial charge in [-0.05, 0) is 24.8 Å². The number of hydrogen-bond acceptors (Lipinski definition) is 1. The Hall–Kier alpha value is -0.820. The van der Waals surface area contributed by atoms with Crippen LogP contribution in [0.15, 0.2) is 30.3 Å². The number of hydrogen-bond donors (Lipinski definition) is 0. The molecule has 0 spiro atoms. The van der Waals surface area contributed by atoms with Crippen LogP contribution in [0.5, 0.6) is 0 Å². The minimum Gasteiger partial charge on any atom is -0.381 e. The molecule has 0 atom stereocenters. The minimum absolute atomic E-state index is 1.00. The fraction of sp³-hybridized carbons (Fsp3) is 0.500. The Morgan fingerprint density at radius 1 is 1.08 bits per heavy atom. The monoisotopic (exact) mass is 178 g/mol. The summed E-state index contributed by atoms with van der Waals surface area (Å²) in [5.41, 5.74) is 1.41. The van der Waals surface area contributed by atoms with Gasteiger partial charge in [0.05, 0.1) is 0 Å². The molecule has 0 unspecified atom stereocenters. The summed E-state index contributed by atoms with van der Waals surface area (Å²) < 4.78 is 4.94. The Morgan fingerprint density at radius 3 is 2.00 bits per heavy atom. The van der Waals surface area contributed by atoms with Gasteiger partial charge in [0, 0.05) is 13.2 Å². The van der Waals surface area contributed by atoms with E-state index in [1.54, 1.807) is 0 Å². The summed E-state index contributed by atoms with van der Waals surface area (Å²) in [4.78, 5) is 0. The Bertz CT molecular complexity index is 194. The molecule has 72 valence electrons. The van der Waals surface area contributed by atoms with Crippen LogP contribution in [0.25, 0.3) is 0 Å². The third-order valence-electron chi connectivity index (χ3n) is 2.08. The fourth-order valence-electron chi connectivity index (χ4n) is 1.22. The van der Waals surface area contributed by atoms with Crippen LogP contribution in [0.4, 0.5) is 0 Å². The summed E-state index contributed by atoms with van der Waals surface area (Å²) >= 11 is 0. The Kier molecular flexibility index (Phi) is 5.27. The lowest BCUT2D eigenvalue weighted by Crippen LogP contribution is -1.74. The van der Waals surface area contributed by atoms with Crippen LogP contribution in [-0.2, 0) is 11.2 Å². The number of aryl methyl sites for hydroxylation is 1. The van der Waals surface area contributed by atoms with Crippen molar-refractivity contribution in [2.75, 3.05) is 13.2 Å². The molecule has 0 aliphatic carbocycles. The van der Waals surface area contributed by atoms with E-state index < -0.39 is 0 Å². The van der Waals surface area contributed by atoms with Crippen molar-refractivity contribution in [3.05, 3.63) is 35.9 Å². The molecular formula is C12H18O. The average molecular weight is 178 g/mol. The van der Waals surface area contributed by atoms with Crippen molar-refractivity contribution >= 4 is 0 Å². The number of benzene rings is 1. The van der Waals surface area contributed by atoms with E-state index in [1.165, 1.54) is 18.4 Å². The first kappa shape index (κ1) is 10.3. The first-order chi connectivity index (χ1) is 6.43.